The molecule has 0 fully saturated rings. The smallest absolute Gasteiger partial charge is 0.335 e. The molecule has 0 spiro atoms. The second-order valence-corrected chi connectivity index (χ2v) is 4.90. The summed E-state index contributed by atoms with van der Waals surface area (Å²) in [7, 11) is 0. The normalized spacial score (nSPS) is 10.5. The third kappa shape index (κ3) is 3.16. The fourth-order valence-corrected chi connectivity index (χ4v) is 2.31. The maximum Gasteiger partial charge on any atom is 0.335 e. The molecule has 22 heavy (non-hydrogen) atoms. The summed E-state index contributed by atoms with van der Waals surface area (Å²) in [4.78, 5) is 22.7. The number of carbonyl (C=O) groups excluding carboxylic acids is 1. The third-order valence-electron chi connectivity index (χ3n) is 3.41. The van der Waals surface area contributed by atoms with Crippen LogP contribution in [0.1, 0.15) is 34.2 Å². The highest BCUT2D eigenvalue weighted by Gasteiger charge is 2.17. The minimum absolute atomic E-state index is 0.157. The zero-order valence-corrected chi connectivity index (χ0v) is 12.8. The molecule has 116 valence electrons. The van der Waals surface area contributed by atoms with Crippen LogP contribution in [-0.4, -0.2) is 33.4 Å². The summed E-state index contributed by atoms with van der Waals surface area (Å²) in [6.07, 6.45) is 0.157. The zero-order valence-electron chi connectivity index (χ0n) is 12.8. The van der Waals surface area contributed by atoms with Crippen molar-refractivity contribution in [1.82, 2.24) is 9.78 Å². The van der Waals surface area contributed by atoms with Crippen LogP contribution in [0.4, 0.5) is 0 Å². The van der Waals surface area contributed by atoms with E-state index in [1.54, 1.807) is 29.8 Å². The van der Waals surface area contributed by atoms with Crippen LogP contribution in [0.3, 0.4) is 0 Å². The molecule has 2 aromatic rings. The first-order valence-electron chi connectivity index (χ1n) is 6.98. The minimum Gasteiger partial charge on any atom is -0.478 e. The van der Waals surface area contributed by atoms with Crippen molar-refractivity contribution in [3.8, 4) is 5.69 Å². The number of rotatable bonds is 5. The molecule has 0 unspecified atom stereocenters. The average Bonchev–Trinajstić information content (AvgIpc) is 2.76. The van der Waals surface area contributed by atoms with Gasteiger partial charge in [-0.1, -0.05) is 6.07 Å². The van der Waals surface area contributed by atoms with Gasteiger partial charge in [-0.05, 0) is 39.0 Å². The van der Waals surface area contributed by atoms with Gasteiger partial charge in [0, 0.05) is 11.3 Å². The summed E-state index contributed by atoms with van der Waals surface area (Å²) < 4.78 is 6.62. The Bertz CT molecular complexity index is 719. The number of carboxylic acids is 1. The van der Waals surface area contributed by atoms with Crippen LogP contribution in [0.5, 0.6) is 0 Å². The van der Waals surface area contributed by atoms with E-state index in [2.05, 4.69) is 5.10 Å². The fraction of sp³-hybridized carbons (Fsp3) is 0.312. The molecule has 1 aromatic carbocycles. The highest BCUT2D eigenvalue weighted by molar-refractivity contribution is 5.88. The number of esters is 1. The van der Waals surface area contributed by atoms with Crippen LogP contribution in [0, 0.1) is 13.8 Å². The van der Waals surface area contributed by atoms with Crippen molar-refractivity contribution in [3.63, 3.8) is 0 Å². The number of hydrogen-bond acceptors (Lipinski definition) is 4. The second kappa shape index (κ2) is 6.43. The van der Waals surface area contributed by atoms with Crippen molar-refractivity contribution < 1.29 is 19.4 Å². The number of aryl methyl sites for hydroxylation is 1. The number of ether oxygens (including phenoxy) is 1. The van der Waals surface area contributed by atoms with E-state index >= 15 is 0 Å². The molecule has 0 saturated heterocycles. The van der Waals surface area contributed by atoms with Crippen molar-refractivity contribution in [2.75, 3.05) is 6.61 Å². The molecule has 6 heteroatoms. The number of benzene rings is 1. The molecule has 0 aliphatic rings. The molecule has 0 aliphatic carbocycles. The largest absolute Gasteiger partial charge is 0.478 e. The summed E-state index contributed by atoms with van der Waals surface area (Å²) in [5, 5.41) is 13.5. The molecule has 0 aliphatic heterocycles. The fourth-order valence-electron chi connectivity index (χ4n) is 2.31. The predicted octanol–water partition coefficient (Wildman–Crippen LogP) is 2.29. The topological polar surface area (TPSA) is 81.4 Å². The maximum absolute atomic E-state index is 11.7. The highest BCUT2D eigenvalue weighted by Crippen LogP contribution is 2.19. The average molecular weight is 302 g/mol. The van der Waals surface area contributed by atoms with Crippen molar-refractivity contribution in [2.24, 2.45) is 0 Å². The number of hydrogen-bond donors (Lipinski definition) is 1. The molecule has 6 nitrogen and oxygen atoms in total. The highest BCUT2D eigenvalue weighted by atomic mass is 16.5. The molecule has 0 amide bonds. The lowest BCUT2D eigenvalue weighted by Crippen LogP contribution is -2.09. The van der Waals surface area contributed by atoms with Crippen LogP contribution in [0.15, 0.2) is 24.3 Å². The van der Waals surface area contributed by atoms with Crippen LogP contribution in [0.2, 0.25) is 0 Å². The summed E-state index contributed by atoms with van der Waals surface area (Å²) in [6, 6.07) is 6.52. The number of carboxylic acid groups (broad SMARTS) is 1. The standard InChI is InChI=1S/C16H18N2O4/c1-4-22-15(19)9-14-10(2)17-18(11(14)3)13-7-5-6-12(8-13)16(20)21/h5-8H,4,9H2,1-3H3,(H,20,21). The van der Waals surface area contributed by atoms with Crippen LogP contribution in [-0.2, 0) is 16.0 Å². The number of aromatic carboxylic acids is 1. The minimum atomic E-state index is -0.991. The van der Waals surface area contributed by atoms with Gasteiger partial charge in [-0.25, -0.2) is 9.48 Å². The SMILES string of the molecule is CCOC(=O)Cc1c(C)nn(-c2cccc(C(=O)O)c2)c1C. The lowest BCUT2D eigenvalue weighted by molar-refractivity contribution is -0.142. The quantitative estimate of drug-likeness (QED) is 0.857. The van der Waals surface area contributed by atoms with Gasteiger partial charge in [0.25, 0.3) is 0 Å². The summed E-state index contributed by atoms with van der Waals surface area (Å²) in [5.41, 5.74) is 3.17. The first kappa shape index (κ1) is 15.8. The monoisotopic (exact) mass is 302 g/mol. The van der Waals surface area contributed by atoms with Gasteiger partial charge in [-0.3, -0.25) is 4.79 Å². The van der Waals surface area contributed by atoms with E-state index in [0.29, 0.717) is 12.3 Å². The first-order valence-corrected chi connectivity index (χ1v) is 6.98. The second-order valence-electron chi connectivity index (χ2n) is 4.90. The lowest BCUT2D eigenvalue weighted by atomic mass is 10.1. The summed E-state index contributed by atoms with van der Waals surface area (Å²) in [6.45, 7) is 5.77. The van der Waals surface area contributed by atoms with Crippen molar-refractivity contribution in [3.05, 3.63) is 46.8 Å². The number of carbonyl (C=O) groups is 2. The molecule has 0 atom stereocenters. The molecular formula is C16H18N2O4. The lowest BCUT2D eigenvalue weighted by Gasteiger charge is -2.06. The van der Waals surface area contributed by atoms with Gasteiger partial charge < -0.3 is 9.84 Å². The van der Waals surface area contributed by atoms with E-state index < -0.39 is 5.97 Å². The van der Waals surface area contributed by atoms with E-state index in [4.69, 9.17) is 9.84 Å². The van der Waals surface area contributed by atoms with E-state index in [-0.39, 0.29) is 18.0 Å². The zero-order chi connectivity index (χ0) is 16.3. The van der Waals surface area contributed by atoms with E-state index in [0.717, 1.165) is 17.0 Å². The van der Waals surface area contributed by atoms with Gasteiger partial charge in [0.15, 0.2) is 0 Å². The van der Waals surface area contributed by atoms with E-state index in [9.17, 15) is 9.59 Å². The Hall–Kier alpha value is -2.63. The van der Waals surface area contributed by atoms with Crippen LogP contribution >= 0.6 is 0 Å². The van der Waals surface area contributed by atoms with Crippen LogP contribution < -0.4 is 0 Å². The Morgan fingerprint density at radius 2 is 2.05 bits per heavy atom. The summed E-state index contributed by atoms with van der Waals surface area (Å²) in [5.74, 6) is -1.29. The van der Waals surface area contributed by atoms with Gasteiger partial charge in [-0.15, -0.1) is 0 Å². The van der Waals surface area contributed by atoms with Gasteiger partial charge in [0.2, 0.25) is 0 Å². The molecule has 0 bridgehead atoms. The Morgan fingerprint density at radius 3 is 2.68 bits per heavy atom. The van der Waals surface area contributed by atoms with Gasteiger partial charge in [0.05, 0.1) is 30.0 Å². The molecule has 0 saturated carbocycles. The van der Waals surface area contributed by atoms with Crippen molar-refractivity contribution in [2.45, 2.75) is 27.2 Å². The van der Waals surface area contributed by atoms with Crippen molar-refractivity contribution >= 4 is 11.9 Å². The Morgan fingerprint density at radius 1 is 1.32 bits per heavy atom. The Kier molecular flexibility index (Phi) is 4.60. The van der Waals surface area contributed by atoms with Gasteiger partial charge >= 0.3 is 11.9 Å². The number of aromatic nitrogens is 2. The maximum atomic E-state index is 11.7. The number of nitrogens with zero attached hydrogens (tertiary/aromatic N) is 2. The molecular weight excluding hydrogens is 284 g/mol. The van der Waals surface area contributed by atoms with Crippen molar-refractivity contribution in [1.29, 1.82) is 0 Å². The molecule has 1 aromatic heterocycles. The van der Waals surface area contributed by atoms with E-state index in [1.807, 2.05) is 13.8 Å². The molecule has 0 radical (unpaired) electrons. The van der Waals surface area contributed by atoms with Crippen LogP contribution in [0.25, 0.3) is 5.69 Å². The Labute approximate surface area is 128 Å². The Balaban J connectivity index is 2.39. The van der Waals surface area contributed by atoms with Gasteiger partial charge in [-0.2, -0.15) is 5.10 Å². The predicted molar refractivity (Wildman–Crippen MR) is 80.3 cm³/mol. The summed E-state index contributed by atoms with van der Waals surface area (Å²) >= 11 is 0. The molecule has 2 rings (SSSR count). The first-order chi connectivity index (χ1) is 10.4. The molecule has 1 N–H and O–H groups in total. The van der Waals surface area contributed by atoms with Gasteiger partial charge in [0.1, 0.15) is 0 Å². The van der Waals surface area contributed by atoms with E-state index in [1.165, 1.54) is 6.07 Å². The molecule has 1 heterocycles. The third-order valence-corrected chi connectivity index (χ3v) is 3.41.